The van der Waals surface area contributed by atoms with E-state index >= 15 is 0 Å². The van der Waals surface area contributed by atoms with Gasteiger partial charge in [0.25, 0.3) is 5.69 Å². The van der Waals surface area contributed by atoms with Crippen molar-refractivity contribution in [2.24, 2.45) is 0 Å². The summed E-state index contributed by atoms with van der Waals surface area (Å²) in [4.78, 5) is 9.77. The fourth-order valence-corrected chi connectivity index (χ4v) is 3.23. The van der Waals surface area contributed by atoms with Crippen LogP contribution in [0, 0.1) is 10.1 Å². The molecule has 0 fully saturated rings. The number of aromatic nitrogens is 2. The molecule has 1 aromatic carbocycles. The lowest BCUT2D eigenvalue weighted by Gasteiger charge is -2.07. The molecule has 2 rings (SSSR count). The first kappa shape index (κ1) is 15.5. The maximum Gasteiger partial charge on any atom is 0.289 e. The van der Waals surface area contributed by atoms with E-state index in [1.165, 1.54) is 18.3 Å². The van der Waals surface area contributed by atoms with E-state index in [-0.39, 0.29) is 6.54 Å². The molecule has 0 saturated heterocycles. The van der Waals surface area contributed by atoms with E-state index in [0.29, 0.717) is 10.2 Å². The second kappa shape index (κ2) is 6.24. The summed E-state index contributed by atoms with van der Waals surface area (Å²) in [6.07, 6.45) is 1.46. The maximum atomic E-state index is 12.2. The van der Waals surface area contributed by atoms with Crippen molar-refractivity contribution in [2.45, 2.75) is 11.4 Å². The van der Waals surface area contributed by atoms with E-state index in [9.17, 15) is 18.5 Å². The first-order valence-corrected chi connectivity index (χ1v) is 7.88. The smallest absolute Gasteiger partial charge is 0.258 e. The first-order valence-electron chi connectivity index (χ1n) is 5.60. The van der Waals surface area contributed by atoms with Gasteiger partial charge in [0.05, 0.1) is 17.2 Å². The number of nitro benzene ring substituents is 1. The number of hydrogen-bond donors (Lipinski definition) is 1. The number of hydrogen-bond acceptors (Lipinski definition) is 6. The molecule has 0 spiro atoms. The molecule has 0 unspecified atom stereocenters. The quantitative estimate of drug-likeness (QED) is 0.629. The average Bonchev–Trinajstić information content (AvgIpc) is 2.46. The predicted octanol–water partition coefficient (Wildman–Crippen LogP) is 1.63. The van der Waals surface area contributed by atoms with Crippen LogP contribution in [0.4, 0.5) is 5.69 Å². The van der Waals surface area contributed by atoms with Gasteiger partial charge in [-0.05, 0) is 24.3 Å². The van der Waals surface area contributed by atoms with Gasteiger partial charge in [0.2, 0.25) is 10.0 Å². The third kappa shape index (κ3) is 3.80. The van der Waals surface area contributed by atoms with E-state index in [1.54, 1.807) is 12.1 Å². The molecule has 0 atom stereocenters. The highest BCUT2D eigenvalue weighted by molar-refractivity contribution is 9.10. The highest BCUT2D eigenvalue weighted by atomic mass is 79.9. The summed E-state index contributed by atoms with van der Waals surface area (Å²) in [5, 5.41) is 18.3. The average molecular weight is 373 g/mol. The summed E-state index contributed by atoms with van der Waals surface area (Å²) < 4.78 is 27.1. The first-order chi connectivity index (χ1) is 9.90. The molecule has 0 radical (unpaired) electrons. The Labute approximate surface area is 128 Å². The van der Waals surface area contributed by atoms with E-state index in [1.807, 2.05) is 0 Å². The van der Waals surface area contributed by atoms with Gasteiger partial charge in [0.15, 0.2) is 4.90 Å². The largest absolute Gasteiger partial charge is 0.289 e. The monoisotopic (exact) mass is 372 g/mol. The summed E-state index contributed by atoms with van der Waals surface area (Å²) in [6.45, 7) is -0.111. The minimum Gasteiger partial charge on any atom is -0.258 e. The summed E-state index contributed by atoms with van der Waals surface area (Å²) in [5.41, 5.74) is -0.0939. The Hall–Kier alpha value is -1.91. The standard InChI is InChI=1S/C11H9BrN4O4S/c12-8-3-4-10(16(17)18)11(6-8)21(19,20)14-7-9-2-1-5-13-15-9/h1-6,14H,7H2. The number of nitrogens with zero attached hydrogens (tertiary/aromatic N) is 3. The Bertz CT molecular complexity index is 767. The van der Waals surface area contributed by atoms with Crippen LogP contribution in [0.25, 0.3) is 0 Å². The van der Waals surface area contributed by atoms with Crippen LogP contribution >= 0.6 is 15.9 Å². The SMILES string of the molecule is O=[N+]([O-])c1ccc(Br)cc1S(=O)(=O)NCc1cccnn1. The summed E-state index contributed by atoms with van der Waals surface area (Å²) >= 11 is 3.10. The molecule has 2 aromatic rings. The van der Waals surface area contributed by atoms with Gasteiger partial charge in [-0.25, -0.2) is 13.1 Å². The van der Waals surface area contributed by atoms with Crippen molar-refractivity contribution in [3.8, 4) is 0 Å². The number of benzene rings is 1. The van der Waals surface area contributed by atoms with Gasteiger partial charge in [-0.15, -0.1) is 0 Å². The molecule has 8 nitrogen and oxygen atoms in total. The van der Waals surface area contributed by atoms with Crippen LogP contribution in [0.5, 0.6) is 0 Å². The molecule has 1 N–H and O–H groups in total. The Balaban J connectivity index is 2.31. The third-order valence-electron chi connectivity index (χ3n) is 2.48. The van der Waals surface area contributed by atoms with Gasteiger partial charge in [-0.2, -0.15) is 10.2 Å². The topological polar surface area (TPSA) is 115 Å². The van der Waals surface area contributed by atoms with Crippen molar-refractivity contribution < 1.29 is 13.3 Å². The molecule has 0 aliphatic carbocycles. The zero-order chi connectivity index (χ0) is 15.5. The van der Waals surface area contributed by atoms with Gasteiger partial charge >= 0.3 is 0 Å². The number of rotatable bonds is 5. The van der Waals surface area contributed by atoms with Gasteiger partial charge in [0, 0.05) is 16.7 Å². The summed E-state index contributed by atoms with van der Waals surface area (Å²) in [5.74, 6) is 0. The molecule has 1 heterocycles. The summed E-state index contributed by atoms with van der Waals surface area (Å²) in [7, 11) is -4.05. The van der Waals surface area contributed by atoms with Crippen LogP contribution in [0.15, 0.2) is 45.9 Å². The molecule has 0 bridgehead atoms. The molecule has 0 amide bonds. The molecule has 10 heteroatoms. The second-order valence-electron chi connectivity index (χ2n) is 3.91. The van der Waals surface area contributed by atoms with E-state index < -0.39 is 25.5 Å². The number of nitrogens with one attached hydrogen (secondary N) is 1. The number of nitro groups is 1. The van der Waals surface area contributed by atoms with Crippen LogP contribution in [-0.4, -0.2) is 23.5 Å². The molecule has 110 valence electrons. The lowest BCUT2D eigenvalue weighted by molar-refractivity contribution is -0.387. The van der Waals surface area contributed by atoms with E-state index in [2.05, 4.69) is 30.8 Å². The van der Waals surface area contributed by atoms with Crippen molar-refractivity contribution in [3.63, 3.8) is 0 Å². The van der Waals surface area contributed by atoms with Crippen molar-refractivity contribution in [2.75, 3.05) is 0 Å². The van der Waals surface area contributed by atoms with Gasteiger partial charge < -0.3 is 0 Å². The Morgan fingerprint density at radius 1 is 1.33 bits per heavy atom. The molecular formula is C11H9BrN4O4S. The Morgan fingerprint density at radius 3 is 2.71 bits per heavy atom. The van der Waals surface area contributed by atoms with Gasteiger partial charge in [-0.3, -0.25) is 10.1 Å². The highest BCUT2D eigenvalue weighted by Crippen LogP contribution is 2.27. The fraction of sp³-hybridized carbons (Fsp3) is 0.0909. The lowest BCUT2D eigenvalue weighted by atomic mass is 10.3. The zero-order valence-electron chi connectivity index (χ0n) is 10.4. The molecule has 21 heavy (non-hydrogen) atoms. The molecule has 0 aliphatic heterocycles. The van der Waals surface area contributed by atoms with Gasteiger partial charge in [-0.1, -0.05) is 15.9 Å². The minimum absolute atomic E-state index is 0.111. The molecule has 0 aliphatic rings. The lowest BCUT2D eigenvalue weighted by Crippen LogP contribution is -2.24. The zero-order valence-corrected chi connectivity index (χ0v) is 12.8. The predicted molar refractivity (Wildman–Crippen MR) is 76.9 cm³/mol. The maximum absolute atomic E-state index is 12.2. The molecular weight excluding hydrogens is 364 g/mol. The molecule has 0 saturated carbocycles. The van der Waals surface area contributed by atoms with Crippen LogP contribution in [0.1, 0.15) is 5.69 Å². The van der Waals surface area contributed by atoms with E-state index in [4.69, 9.17) is 0 Å². The number of sulfonamides is 1. The normalized spacial score (nSPS) is 11.3. The van der Waals surface area contributed by atoms with Crippen molar-refractivity contribution in [3.05, 3.63) is 56.8 Å². The Morgan fingerprint density at radius 2 is 2.10 bits per heavy atom. The molecule has 1 aromatic heterocycles. The van der Waals surface area contributed by atoms with Crippen molar-refractivity contribution in [1.29, 1.82) is 0 Å². The van der Waals surface area contributed by atoms with E-state index in [0.717, 1.165) is 6.07 Å². The van der Waals surface area contributed by atoms with Crippen LogP contribution in [-0.2, 0) is 16.6 Å². The number of halogens is 1. The van der Waals surface area contributed by atoms with Crippen molar-refractivity contribution in [1.82, 2.24) is 14.9 Å². The Kier molecular flexibility index (Phi) is 4.60. The highest BCUT2D eigenvalue weighted by Gasteiger charge is 2.25. The fourth-order valence-electron chi connectivity index (χ4n) is 1.53. The van der Waals surface area contributed by atoms with Crippen LogP contribution in [0.2, 0.25) is 0 Å². The van der Waals surface area contributed by atoms with Crippen molar-refractivity contribution >= 4 is 31.6 Å². The summed E-state index contributed by atoms with van der Waals surface area (Å²) in [6, 6.07) is 6.90. The third-order valence-corrected chi connectivity index (χ3v) is 4.40. The minimum atomic E-state index is -4.05. The second-order valence-corrected chi connectivity index (χ2v) is 6.56. The van der Waals surface area contributed by atoms with Crippen LogP contribution in [0.3, 0.4) is 0 Å². The van der Waals surface area contributed by atoms with Crippen LogP contribution < -0.4 is 4.72 Å². The van der Waals surface area contributed by atoms with Gasteiger partial charge in [0.1, 0.15) is 0 Å².